The number of nitrogens with one attached hydrogen (secondary N) is 1. The molecule has 2 fully saturated rings. The van der Waals surface area contributed by atoms with E-state index in [2.05, 4.69) is 63.3 Å². The minimum atomic E-state index is -0.561. The summed E-state index contributed by atoms with van der Waals surface area (Å²) in [5.74, 6) is 2.48. The highest BCUT2D eigenvalue weighted by molar-refractivity contribution is 14.1. The van der Waals surface area contributed by atoms with Crippen LogP contribution in [0.25, 0.3) is 27.8 Å². The van der Waals surface area contributed by atoms with Crippen molar-refractivity contribution < 1.29 is 19.0 Å². The van der Waals surface area contributed by atoms with Crippen LogP contribution in [0, 0.1) is 3.57 Å². The lowest BCUT2D eigenvalue weighted by Crippen LogP contribution is -2.58. The molecule has 0 bridgehead atoms. The predicted octanol–water partition coefficient (Wildman–Crippen LogP) is 6.83. The third kappa shape index (κ3) is 6.77. The quantitative estimate of drug-likeness (QED) is 0.211. The van der Waals surface area contributed by atoms with Gasteiger partial charge in [0.1, 0.15) is 29.3 Å². The summed E-state index contributed by atoms with van der Waals surface area (Å²) < 4.78 is 18.9. The van der Waals surface area contributed by atoms with Crippen LogP contribution in [0.4, 0.5) is 22.2 Å². The number of aromatic nitrogens is 2. The molecule has 0 saturated carbocycles. The highest BCUT2D eigenvalue weighted by atomic mass is 127. The number of amides is 1. The van der Waals surface area contributed by atoms with Crippen LogP contribution in [0.3, 0.4) is 0 Å². The summed E-state index contributed by atoms with van der Waals surface area (Å²) in [4.78, 5) is 31.5. The number of nitrogens with zero attached hydrogens (tertiary/aromatic N) is 6. The van der Waals surface area contributed by atoms with Crippen molar-refractivity contribution in [2.24, 2.45) is 0 Å². The maximum atomic E-state index is 12.9. The number of likely N-dealkylation sites (N-methyl/N-ethyl adjacent to an activating group) is 1. The number of hydrogen-bond donors (Lipinski definition) is 1. The number of fused-ring (bicyclic) bond motifs is 5. The van der Waals surface area contributed by atoms with Gasteiger partial charge < -0.3 is 39.1 Å². The van der Waals surface area contributed by atoms with Crippen molar-refractivity contribution in [3.05, 3.63) is 37.9 Å². The summed E-state index contributed by atoms with van der Waals surface area (Å²) in [5, 5.41) is 5.34. The van der Waals surface area contributed by atoms with Crippen molar-refractivity contribution in [1.29, 1.82) is 0 Å². The van der Waals surface area contributed by atoms with Crippen molar-refractivity contribution in [3.63, 3.8) is 0 Å². The van der Waals surface area contributed by atoms with Gasteiger partial charge >= 0.3 is 6.09 Å². The van der Waals surface area contributed by atoms with Gasteiger partial charge in [0.05, 0.1) is 22.3 Å². The fourth-order valence-corrected chi connectivity index (χ4v) is 7.34. The number of carbonyl (C=O) groups excluding carboxylic acids is 1. The van der Waals surface area contributed by atoms with E-state index >= 15 is 0 Å². The van der Waals surface area contributed by atoms with Crippen molar-refractivity contribution in [2.45, 2.75) is 39.3 Å². The summed E-state index contributed by atoms with van der Waals surface area (Å²) in [5.41, 5.74) is 3.22. The molecular formula is C34H42Cl2IN7O4. The zero-order chi connectivity index (χ0) is 34.5. The zero-order valence-electron chi connectivity index (χ0n) is 28.3. The predicted molar refractivity (Wildman–Crippen MR) is 202 cm³/mol. The van der Waals surface area contributed by atoms with Gasteiger partial charge in [-0.05, 0) is 76.5 Å². The van der Waals surface area contributed by atoms with Crippen LogP contribution in [0.5, 0.6) is 5.75 Å². The molecule has 14 heteroatoms. The molecular weight excluding hydrogens is 768 g/mol. The Morgan fingerprint density at radius 2 is 1.81 bits per heavy atom. The zero-order valence-corrected chi connectivity index (χ0v) is 31.9. The van der Waals surface area contributed by atoms with E-state index in [1.165, 1.54) is 0 Å². The molecule has 11 nitrogen and oxygen atoms in total. The number of carbonyl (C=O) groups is 1. The van der Waals surface area contributed by atoms with E-state index < -0.39 is 5.60 Å². The molecule has 3 aliphatic heterocycles. The Hall–Kier alpha value is -2.94. The lowest BCUT2D eigenvalue weighted by Gasteiger charge is -2.43. The number of anilines is 3. The molecule has 1 N–H and O–H groups in total. The van der Waals surface area contributed by atoms with Gasteiger partial charge in [0.25, 0.3) is 0 Å². The molecule has 48 heavy (non-hydrogen) atoms. The highest BCUT2D eigenvalue weighted by Gasteiger charge is 2.35. The van der Waals surface area contributed by atoms with Crippen LogP contribution < -0.4 is 19.9 Å². The van der Waals surface area contributed by atoms with Gasteiger partial charge in [0.2, 0.25) is 5.95 Å². The molecule has 4 heterocycles. The Morgan fingerprint density at radius 3 is 2.46 bits per heavy atom. The van der Waals surface area contributed by atoms with Gasteiger partial charge in [-0.2, -0.15) is 4.98 Å². The standard InChI is InChI=1S/C34H42Cl2IN7O4/c1-8-46-19(2)21-15-24(36)27(37)26-25-23(35)16-22-29(30(25)47-14-9-38-28(21)26)39-32(44-17-20(18-44)41(6)7)40-31(22)42-10-12-43(13-11-42)33(45)48-34(3,4)5/h15-16,20,38H,2,8-14,17-18H2,1,3-7H3. The second-order valence-corrected chi connectivity index (χ2v) is 15.3. The molecule has 6 rings (SSSR count). The van der Waals surface area contributed by atoms with Crippen molar-refractivity contribution in [2.75, 3.05) is 88.2 Å². The first-order chi connectivity index (χ1) is 22.8. The smallest absolute Gasteiger partial charge is 0.410 e. The molecule has 1 aromatic heterocycles. The first-order valence-electron chi connectivity index (χ1n) is 16.2. The number of hydrogen-bond acceptors (Lipinski definition) is 10. The second kappa shape index (κ2) is 13.8. The van der Waals surface area contributed by atoms with Crippen LogP contribution >= 0.6 is 45.8 Å². The molecule has 1 amide bonds. The summed E-state index contributed by atoms with van der Waals surface area (Å²) in [6.07, 6.45) is -0.310. The average molecular weight is 811 g/mol. The normalized spacial score (nSPS) is 16.8. The third-order valence-corrected chi connectivity index (χ3v) is 10.7. The van der Waals surface area contributed by atoms with Gasteiger partial charge in [0.15, 0.2) is 5.75 Å². The monoisotopic (exact) mass is 809 g/mol. The SMILES string of the molecule is C=C(OCC)c1cc(Cl)c(I)c2c1NCCOc1c-2c(Cl)cc2c(N3CCN(C(=O)OC(C)(C)C)CC3)nc(N3CC(N(C)C)C3)nc12. The van der Waals surface area contributed by atoms with Crippen LogP contribution in [0.1, 0.15) is 33.3 Å². The minimum Gasteiger partial charge on any atom is -0.494 e. The fraction of sp³-hybridized carbons (Fsp3) is 0.500. The summed E-state index contributed by atoms with van der Waals surface area (Å²) >= 11 is 16.4. The van der Waals surface area contributed by atoms with Crippen LogP contribution in [-0.4, -0.2) is 111 Å². The molecule has 2 saturated heterocycles. The molecule has 3 aromatic rings. The van der Waals surface area contributed by atoms with E-state index in [1.807, 2.05) is 39.8 Å². The van der Waals surface area contributed by atoms with Crippen molar-refractivity contribution in [3.8, 4) is 16.9 Å². The molecule has 0 aliphatic carbocycles. The highest BCUT2D eigenvalue weighted by Crippen LogP contribution is 2.51. The van der Waals surface area contributed by atoms with Crippen LogP contribution in [-0.2, 0) is 9.47 Å². The number of piperazine rings is 1. The van der Waals surface area contributed by atoms with E-state index in [1.54, 1.807) is 4.90 Å². The topological polar surface area (TPSA) is 95.5 Å². The van der Waals surface area contributed by atoms with Gasteiger partial charge in [-0.25, -0.2) is 9.78 Å². The van der Waals surface area contributed by atoms with Gasteiger partial charge in [0, 0.05) is 77.5 Å². The van der Waals surface area contributed by atoms with E-state index in [4.69, 9.17) is 47.4 Å². The van der Waals surface area contributed by atoms with Crippen LogP contribution in [0.2, 0.25) is 10.0 Å². The molecule has 0 atom stereocenters. The Labute approximate surface area is 305 Å². The van der Waals surface area contributed by atoms with E-state index in [0.29, 0.717) is 90.6 Å². The Kier molecular flexibility index (Phi) is 10.0. The lowest BCUT2D eigenvalue weighted by molar-refractivity contribution is 0.0240. The molecule has 2 aromatic carbocycles. The average Bonchev–Trinajstić information content (AvgIpc) is 2.98. The fourth-order valence-electron chi connectivity index (χ4n) is 6.15. The first-order valence-corrected chi connectivity index (χ1v) is 18.0. The number of rotatable bonds is 6. The Morgan fingerprint density at radius 1 is 1.10 bits per heavy atom. The van der Waals surface area contributed by atoms with Gasteiger partial charge in [-0.1, -0.05) is 29.8 Å². The number of benzene rings is 2. The number of halogens is 3. The summed E-state index contributed by atoms with van der Waals surface area (Å²) in [6.45, 7) is 16.9. The van der Waals surface area contributed by atoms with Gasteiger partial charge in [-0.15, -0.1) is 0 Å². The minimum absolute atomic E-state index is 0.310. The Bertz CT molecular complexity index is 1750. The maximum Gasteiger partial charge on any atom is 0.410 e. The van der Waals surface area contributed by atoms with E-state index in [-0.39, 0.29) is 6.09 Å². The van der Waals surface area contributed by atoms with Crippen molar-refractivity contribution in [1.82, 2.24) is 19.8 Å². The summed E-state index contributed by atoms with van der Waals surface area (Å²) in [7, 11) is 4.18. The number of ether oxygens (including phenoxy) is 3. The molecule has 0 radical (unpaired) electrons. The largest absolute Gasteiger partial charge is 0.494 e. The molecule has 258 valence electrons. The lowest BCUT2D eigenvalue weighted by atomic mass is 9.96. The van der Waals surface area contributed by atoms with Crippen molar-refractivity contribution >= 4 is 86.0 Å². The molecule has 0 spiro atoms. The first kappa shape index (κ1) is 34.9. The van der Waals surface area contributed by atoms with E-state index in [0.717, 1.165) is 44.7 Å². The van der Waals surface area contributed by atoms with Crippen LogP contribution in [0.15, 0.2) is 18.7 Å². The van der Waals surface area contributed by atoms with E-state index in [9.17, 15) is 4.79 Å². The molecule has 3 aliphatic rings. The second-order valence-electron chi connectivity index (χ2n) is 13.4. The van der Waals surface area contributed by atoms with Gasteiger partial charge in [-0.3, -0.25) is 0 Å². The maximum absolute atomic E-state index is 12.9. The third-order valence-electron chi connectivity index (χ3n) is 8.71. The summed E-state index contributed by atoms with van der Waals surface area (Å²) in [6, 6.07) is 4.21. The Balaban J connectivity index is 1.50. The molecule has 0 unspecified atom stereocenters.